The minimum Gasteiger partial charge on any atom is -0.358 e. The Balaban J connectivity index is 1.72. The van der Waals surface area contributed by atoms with Crippen molar-refractivity contribution in [2.45, 2.75) is 18.5 Å². The Hall–Kier alpha value is -2.02. The number of amides is 2. The van der Waals surface area contributed by atoms with Gasteiger partial charge in [-0.25, -0.2) is 4.39 Å². The van der Waals surface area contributed by atoms with Crippen LogP contribution in [-0.4, -0.2) is 65.9 Å². The number of carbonyl (C=O) groups excluding carboxylic acids is 2. The normalized spacial score (nSPS) is 27.8. The summed E-state index contributed by atoms with van der Waals surface area (Å²) in [5.41, 5.74) is 0.0560. The molecule has 0 saturated carbocycles. The van der Waals surface area contributed by atoms with E-state index >= 15 is 0 Å². The van der Waals surface area contributed by atoms with Crippen LogP contribution in [0.5, 0.6) is 0 Å². The highest BCUT2D eigenvalue weighted by Crippen LogP contribution is 2.35. The zero-order chi connectivity index (χ0) is 15.9. The van der Waals surface area contributed by atoms with Crippen molar-refractivity contribution in [3.8, 4) is 0 Å². The number of fused-ring (bicyclic) bond motifs is 1. The van der Waals surface area contributed by atoms with Crippen LogP contribution in [0.3, 0.4) is 0 Å². The number of likely N-dealkylation sites (tertiary alicyclic amines) is 2. The number of rotatable bonds is 2. The fourth-order valence-electron chi connectivity index (χ4n) is 3.57. The Kier molecular flexibility index (Phi) is 3.82. The lowest BCUT2D eigenvalue weighted by Gasteiger charge is -2.25. The third-order valence-corrected chi connectivity index (χ3v) is 4.79. The van der Waals surface area contributed by atoms with Crippen LogP contribution < -0.4 is 5.32 Å². The maximum atomic E-state index is 13.7. The monoisotopic (exact) mass is 306 g/mol. The van der Waals surface area contributed by atoms with Crippen molar-refractivity contribution in [2.75, 3.05) is 27.2 Å². The molecule has 2 fully saturated rings. The smallest absolute Gasteiger partial charge is 0.257 e. The van der Waals surface area contributed by atoms with Crippen molar-refractivity contribution in [1.82, 2.24) is 20.1 Å². The highest BCUT2D eigenvalue weighted by molar-refractivity contribution is 5.94. The molecule has 0 unspecified atom stereocenters. The molecule has 0 bridgehead atoms. The molecule has 3 rings (SSSR count). The number of hydrogen-bond acceptors (Lipinski definition) is 4. The number of nitrogens with one attached hydrogen (secondary N) is 1. The van der Waals surface area contributed by atoms with Gasteiger partial charge in [0, 0.05) is 32.4 Å². The number of aromatic nitrogens is 1. The summed E-state index contributed by atoms with van der Waals surface area (Å²) in [4.78, 5) is 31.6. The SMILES string of the molecule is CNC(=O)[C@H]1C[C@@H]2CN(C(=O)c3ccncc3F)C[C@@H]2N1C. The third-order valence-electron chi connectivity index (χ3n) is 4.79. The minimum atomic E-state index is -0.596. The summed E-state index contributed by atoms with van der Waals surface area (Å²) < 4.78 is 13.7. The maximum Gasteiger partial charge on any atom is 0.257 e. The van der Waals surface area contributed by atoms with Gasteiger partial charge in [0.1, 0.15) is 0 Å². The summed E-state index contributed by atoms with van der Waals surface area (Å²) in [6.45, 7) is 1.08. The van der Waals surface area contributed by atoms with Gasteiger partial charge in [-0.1, -0.05) is 0 Å². The van der Waals surface area contributed by atoms with Crippen LogP contribution in [0, 0.1) is 11.7 Å². The zero-order valence-electron chi connectivity index (χ0n) is 12.6. The molecule has 3 atom stereocenters. The first kappa shape index (κ1) is 14.9. The lowest BCUT2D eigenvalue weighted by atomic mass is 10.0. The molecule has 3 heterocycles. The first-order valence-corrected chi connectivity index (χ1v) is 7.35. The second kappa shape index (κ2) is 5.64. The molecule has 1 aromatic heterocycles. The van der Waals surface area contributed by atoms with Crippen molar-refractivity contribution in [1.29, 1.82) is 0 Å². The summed E-state index contributed by atoms with van der Waals surface area (Å²) in [5, 5.41) is 2.68. The molecule has 1 N–H and O–H groups in total. The Bertz CT molecular complexity index is 609. The minimum absolute atomic E-state index is 0.00922. The first-order chi connectivity index (χ1) is 10.5. The van der Waals surface area contributed by atoms with E-state index in [1.54, 1.807) is 11.9 Å². The van der Waals surface area contributed by atoms with E-state index in [4.69, 9.17) is 0 Å². The molecule has 7 heteroatoms. The van der Waals surface area contributed by atoms with Gasteiger partial charge in [-0.2, -0.15) is 0 Å². The van der Waals surface area contributed by atoms with E-state index in [2.05, 4.69) is 10.3 Å². The number of nitrogens with zero attached hydrogens (tertiary/aromatic N) is 3. The van der Waals surface area contributed by atoms with Crippen LogP contribution in [0.1, 0.15) is 16.8 Å². The maximum absolute atomic E-state index is 13.7. The van der Waals surface area contributed by atoms with Gasteiger partial charge in [0.2, 0.25) is 5.91 Å². The van der Waals surface area contributed by atoms with Gasteiger partial charge in [0.05, 0.1) is 17.8 Å². The molecule has 0 aromatic carbocycles. The molecule has 2 amide bonds. The van der Waals surface area contributed by atoms with E-state index < -0.39 is 5.82 Å². The fraction of sp³-hybridized carbons (Fsp3) is 0.533. The Morgan fingerprint density at radius 1 is 1.41 bits per heavy atom. The Labute approximate surface area is 128 Å². The fourth-order valence-corrected chi connectivity index (χ4v) is 3.57. The largest absolute Gasteiger partial charge is 0.358 e. The molecule has 1 aromatic rings. The summed E-state index contributed by atoms with van der Waals surface area (Å²) in [5.74, 6) is -0.642. The number of carbonyl (C=O) groups is 2. The number of hydrogen-bond donors (Lipinski definition) is 1. The molecule has 0 aliphatic carbocycles. The van der Waals surface area contributed by atoms with Crippen molar-refractivity contribution < 1.29 is 14.0 Å². The van der Waals surface area contributed by atoms with Gasteiger partial charge in [-0.05, 0) is 25.5 Å². The van der Waals surface area contributed by atoms with Gasteiger partial charge in [0.15, 0.2) is 5.82 Å². The highest BCUT2D eigenvalue weighted by atomic mass is 19.1. The number of pyridine rings is 1. The predicted octanol–water partition coefficient (Wildman–Crippen LogP) is 0.111. The van der Waals surface area contributed by atoms with Crippen LogP contribution in [0.25, 0.3) is 0 Å². The van der Waals surface area contributed by atoms with E-state index in [1.807, 2.05) is 11.9 Å². The molecule has 118 valence electrons. The Morgan fingerprint density at radius 2 is 2.18 bits per heavy atom. The van der Waals surface area contributed by atoms with Crippen LogP contribution in [0.2, 0.25) is 0 Å². The molecule has 2 aliphatic heterocycles. The van der Waals surface area contributed by atoms with Crippen molar-refractivity contribution in [3.05, 3.63) is 29.8 Å². The molecule has 0 radical (unpaired) electrons. The van der Waals surface area contributed by atoms with Gasteiger partial charge >= 0.3 is 0 Å². The Morgan fingerprint density at radius 3 is 2.82 bits per heavy atom. The van der Waals surface area contributed by atoms with E-state index in [1.165, 1.54) is 12.3 Å². The van der Waals surface area contributed by atoms with Crippen LogP contribution in [0.4, 0.5) is 4.39 Å². The lowest BCUT2D eigenvalue weighted by Crippen LogP contribution is -2.45. The summed E-state index contributed by atoms with van der Waals surface area (Å²) in [6.07, 6.45) is 3.20. The lowest BCUT2D eigenvalue weighted by molar-refractivity contribution is -0.125. The van der Waals surface area contributed by atoms with Crippen molar-refractivity contribution in [2.24, 2.45) is 5.92 Å². The molecule has 2 saturated heterocycles. The van der Waals surface area contributed by atoms with Crippen molar-refractivity contribution in [3.63, 3.8) is 0 Å². The molecule has 6 nitrogen and oxygen atoms in total. The standard InChI is InChI=1S/C15H19FN4O2/c1-17-14(21)12-5-9-7-20(8-13(9)19(12)2)15(22)10-3-4-18-6-11(10)16/h3-4,6,9,12-13H,5,7-8H2,1-2H3,(H,17,21)/t9-,12-,13+/m1/s1. The number of halogens is 1. The quantitative estimate of drug-likeness (QED) is 0.842. The summed E-state index contributed by atoms with van der Waals surface area (Å²) in [7, 11) is 3.54. The van der Waals surface area contributed by atoms with Crippen LogP contribution >= 0.6 is 0 Å². The highest BCUT2D eigenvalue weighted by Gasteiger charge is 2.48. The van der Waals surface area contributed by atoms with Crippen LogP contribution in [0.15, 0.2) is 18.5 Å². The van der Waals surface area contributed by atoms with Gasteiger partial charge in [0.25, 0.3) is 5.91 Å². The topological polar surface area (TPSA) is 65.5 Å². The molecule has 0 spiro atoms. The van der Waals surface area contributed by atoms with Crippen LogP contribution in [-0.2, 0) is 4.79 Å². The molecule has 2 aliphatic rings. The first-order valence-electron chi connectivity index (χ1n) is 7.35. The van der Waals surface area contributed by atoms with E-state index in [-0.39, 0.29) is 35.4 Å². The second-order valence-electron chi connectivity index (χ2n) is 5.92. The predicted molar refractivity (Wildman–Crippen MR) is 77.6 cm³/mol. The van der Waals surface area contributed by atoms with E-state index in [0.717, 1.165) is 12.6 Å². The number of likely N-dealkylation sites (N-methyl/N-ethyl adjacent to an activating group) is 2. The average molecular weight is 306 g/mol. The van der Waals surface area contributed by atoms with Gasteiger partial charge in [-0.3, -0.25) is 19.5 Å². The second-order valence-corrected chi connectivity index (χ2v) is 5.92. The third kappa shape index (κ3) is 2.35. The summed E-state index contributed by atoms with van der Waals surface area (Å²) >= 11 is 0. The van der Waals surface area contributed by atoms with Crippen molar-refractivity contribution >= 4 is 11.8 Å². The zero-order valence-corrected chi connectivity index (χ0v) is 12.6. The van der Waals surface area contributed by atoms with E-state index in [0.29, 0.717) is 13.1 Å². The molecule has 22 heavy (non-hydrogen) atoms. The molecular weight excluding hydrogens is 287 g/mol. The molecular formula is C15H19FN4O2. The van der Waals surface area contributed by atoms with Gasteiger partial charge < -0.3 is 10.2 Å². The van der Waals surface area contributed by atoms with E-state index in [9.17, 15) is 14.0 Å². The van der Waals surface area contributed by atoms with Gasteiger partial charge in [-0.15, -0.1) is 0 Å². The average Bonchev–Trinajstić information content (AvgIpc) is 3.06. The summed E-state index contributed by atoms with van der Waals surface area (Å²) in [6, 6.07) is 1.41.